The van der Waals surface area contributed by atoms with Crippen molar-refractivity contribution in [1.29, 1.82) is 0 Å². The largest absolute Gasteiger partial charge is 0.385 e. The first kappa shape index (κ1) is 57.6. The van der Waals surface area contributed by atoms with Gasteiger partial charge in [-0.25, -0.2) is 0 Å². The molecule has 0 bridgehead atoms. The summed E-state index contributed by atoms with van der Waals surface area (Å²) in [6.45, 7) is 46.5. The maximum absolute atomic E-state index is 4.46. The molecule has 3 aliphatic rings. The van der Waals surface area contributed by atoms with Gasteiger partial charge in [-0.15, -0.1) is 0 Å². The molecule has 3 aliphatic carbocycles. The Hall–Kier alpha value is -3.07. The minimum absolute atomic E-state index is 0. The van der Waals surface area contributed by atoms with Crippen molar-refractivity contribution in [2.45, 2.75) is 181 Å². The van der Waals surface area contributed by atoms with Gasteiger partial charge in [-0.3, -0.25) is 4.99 Å². The number of unbranched alkanes of at least 4 members (excludes halogenated alkanes) is 2. The third kappa shape index (κ3) is 31.3. The topological polar surface area (TPSA) is 36.4 Å². The first-order chi connectivity index (χ1) is 25.3. The fraction of sp³-hybridized carbons (Fsp3) is 0.627. The number of allylic oxidation sites excluding steroid dienone is 11. The Morgan fingerprint density at radius 1 is 0.870 bits per heavy atom. The summed E-state index contributed by atoms with van der Waals surface area (Å²) in [7, 11) is 0. The molecule has 1 atom stereocenters. The van der Waals surface area contributed by atoms with Gasteiger partial charge in [0, 0.05) is 30.2 Å². The van der Waals surface area contributed by atoms with Gasteiger partial charge in [0.2, 0.25) is 0 Å². The maximum Gasteiger partial charge on any atom is 0.0593 e. The van der Waals surface area contributed by atoms with Gasteiger partial charge in [-0.05, 0) is 103 Å². The lowest BCUT2D eigenvalue weighted by Crippen LogP contribution is -2.22. The molecule has 0 aromatic carbocycles. The van der Waals surface area contributed by atoms with Crippen LogP contribution in [0, 0.1) is 11.8 Å². The summed E-state index contributed by atoms with van der Waals surface area (Å²) in [5.41, 5.74) is 11.5. The zero-order valence-corrected chi connectivity index (χ0v) is 37.7. The lowest BCUT2D eigenvalue weighted by Gasteiger charge is -2.25. The summed E-state index contributed by atoms with van der Waals surface area (Å²) in [4.78, 5) is 4.46. The summed E-state index contributed by atoms with van der Waals surface area (Å²) >= 11 is 0. The molecule has 54 heavy (non-hydrogen) atoms. The van der Waals surface area contributed by atoms with Gasteiger partial charge < -0.3 is 10.6 Å². The molecule has 0 spiro atoms. The van der Waals surface area contributed by atoms with Crippen molar-refractivity contribution >= 4 is 5.71 Å². The van der Waals surface area contributed by atoms with E-state index >= 15 is 0 Å². The van der Waals surface area contributed by atoms with Crippen LogP contribution in [0.3, 0.4) is 0 Å². The van der Waals surface area contributed by atoms with Gasteiger partial charge in [-0.1, -0.05) is 186 Å². The van der Waals surface area contributed by atoms with E-state index in [-0.39, 0.29) is 7.43 Å². The highest BCUT2D eigenvalue weighted by atomic mass is 14.9. The average Bonchev–Trinajstić information content (AvgIpc) is 3.13. The first-order valence-electron chi connectivity index (χ1n) is 21.4. The van der Waals surface area contributed by atoms with Crippen LogP contribution in [0.5, 0.6) is 0 Å². The molecule has 2 N–H and O–H groups in total. The van der Waals surface area contributed by atoms with E-state index in [0.29, 0.717) is 0 Å². The van der Waals surface area contributed by atoms with Crippen molar-refractivity contribution in [2.24, 2.45) is 16.8 Å². The molecular formula is C51H93N3. The lowest BCUT2D eigenvalue weighted by atomic mass is 9.82. The highest BCUT2D eigenvalue weighted by Crippen LogP contribution is 2.28. The second-order valence-corrected chi connectivity index (χ2v) is 14.5. The van der Waals surface area contributed by atoms with E-state index in [9.17, 15) is 0 Å². The van der Waals surface area contributed by atoms with Crippen LogP contribution in [0.1, 0.15) is 181 Å². The van der Waals surface area contributed by atoms with Crippen molar-refractivity contribution in [1.82, 2.24) is 10.6 Å². The van der Waals surface area contributed by atoms with E-state index in [1.54, 1.807) is 0 Å². The normalized spacial score (nSPS) is 16.0. The van der Waals surface area contributed by atoms with Gasteiger partial charge in [0.1, 0.15) is 0 Å². The number of nitrogens with zero attached hydrogens (tertiary/aromatic N) is 1. The van der Waals surface area contributed by atoms with Gasteiger partial charge in [0.05, 0.1) is 6.54 Å². The molecule has 1 fully saturated rings. The van der Waals surface area contributed by atoms with E-state index in [1.165, 1.54) is 84.9 Å². The Bertz CT molecular complexity index is 1170. The smallest absolute Gasteiger partial charge is 0.0593 e. The molecule has 1 unspecified atom stereocenters. The average molecular weight is 748 g/mol. The number of nitrogens with one attached hydrogen (secondary N) is 2. The quantitative estimate of drug-likeness (QED) is 0.0714. The number of rotatable bonds is 16. The van der Waals surface area contributed by atoms with Crippen molar-refractivity contribution in [3.8, 4) is 0 Å². The fourth-order valence-corrected chi connectivity index (χ4v) is 4.82. The van der Waals surface area contributed by atoms with E-state index in [2.05, 4.69) is 135 Å². The Kier molecular flexibility index (Phi) is 42.3. The highest BCUT2D eigenvalue weighted by Gasteiger charge is 2.19. The van der Waals surface area contributed by atoms with Crippen LogP contribution >= 0.6 is 0 Å². The molecule has 0 aromatic rings. The van der Waals surface area contributed by atoms with Gasteiger partial charge in [-0.2, -0.15) is 0 Å². The molecule has 0 heterocycles. The predicted molar refractivity (Wildman–Crippen MR) is 254 cm³/mol. The highest BCUT2D eigenvalue weighted by molar-refractivity contribution is 5.85. The second-order valence-electron chi connectivity index (χ2n) is 14.5. The van der Waals surface area contributed by atoms with E-state index in [0.717, 1.165) is 80.5 Å². The predicted octanol–water partition coefficient (Wildman–Crippen LogP) is 16.2. The molecule has 3 nitrogen and oxygen atoms in total. The van der Waals surface area contributed by atoms with Gasteiger partial charge >= 0.3 is 0 Å². The zero-order valence-electron chi connectivity index (χ0n) is 37.7. The summed E-state index contributed by atoms with van der Waals surface area (Å²) in [6.07, 6.45) is 28.7. The molecule has 3 rings (SSSR count). The van der Waals surface area contributed by atoms with Crippen molar-refractivity contribution in [2.75, 3.05) is 19.6 Å². The summed E-state index contributed by atoms with van der Waals surface area (Å²) < 4.78 is 0. The second kappa shape index (κ2) is 39.6. The Morgan fingerprint density at radius 2 is 1.44 bits per heavy atom. The molecule has 0 aliphatic heterocycles. The Labute approximate surface area is 340 Å². The van der Waals surface area contributed by atoms with Crippen LogP contribution in [-0.2, 0) is 0 Å². The molecule has 0 aromatic heterocycles. The molecule has 0 amide bonds. The van der Waals surface area contributed by atoms with Crippen LogP contribution in [0.2, 0.25) is 0 Å². The van der Waals surface area contributed by atoms with Crippen molar-refractivity contribution < 1.29 is 0 Å². The Balaban J connectivity index is -0.000000342. The number of aliphatic imine (C=N–C) groups is 1. The molecule has 3 heteroatoms. The van der Waals surface area contributed by atoms with Crippen LogP contribution in [0.15, 0.2) is 113 Å². The standard InChI is InChI=1S/C22H34N2.C10H17N.C8H12.2C4H10.C2H6.CH4/c1-7-10-21(11-8-2)19(5)23-14-9-15-24-20(6)22-13-12-17(3)18(4)16-22;1-8(2)7-11-9(3)10-5-4-6-10;1-7-5-3-4-6-8(7)2;2*1-3-4-2;1-2;/h7,10,16,23-24H,1,5-6,8-9,11-15H2,2-4H3;10H,1,4-7H2,2-3H3;3-5,8H,6H2,1-2H3;2*3-4H2,1-2H3;1-2H3;1H4/b21-10+;;;;;;. The monoisotopic (exact) mass is 748 g/mol. The number of hydrogen-bond acceptors (Lipinski definition) is 3. The van der Waals surface area contributed by atoms with Gasteiger partial charge in [0.25, 0.3) is 0 Å². The first-order valence-corrected chi connectivity index (χ1v) is 21.4. The van der Waals surface area contributed by atoms with Crippen LogP contribution < -0.4 is 10.6 Å². The zero-order chi connectivity index (χ0) is 41.0. The van der Waals surface area contributed by atoms with Crippen molar-refractivity contribution in [3.05, 3.63) is 108 Å². The third-order valence-electron chi connectivity index (χ3n) is 9.53. The minimum atomic E-state index is 0. The fourth-order valence-electron chi connectivity index (χ4n) is 4.82. The molecule has 312 valence electrons. The van der Waals surface area contributed by atoms with Crippen LogP contribution in [0.25, 0.3) is 0 Å². The van der Waals surface area contributed by atoms with E-state index in [4.69, 9.17) is 0 Å². The summed E-state index contributed by atoms with van der Waals surface area (Å²) in [6, 6.07) is 0. The Morgan fingerprint density at radius 3 is 1.85 bits per heavy atom. The van der Waals surface area contributed by atoms with Crippen molar-refractivity contribution in [3.63, 3.8) is 0 Å². The summed E-state index contributed by atoms with van der Waals surface area (Å²) in [5, 5.41) is 6.87. The molecule has 1 saturated carbocycles. The minimum Gasteiger partial charge on any atom is -0.385 e. The molecule has 0 saturated heterocycles. The summed E-state index contributed by atoms with van der Waals surface area (Å²) in [5.74, 6) is 1.58. The SMILES string of the molecule is C.C=C(C)CN=C(C)C1CCC1.C=C/C=C(\CCC)C(=C)NCCCNC(=C)C1=CC(C)=C(C)CC1.CC.CC1=CC=CCC1C.CCCC.CCCC. The lowest BCUT2D eigenvalue weighted by molar-refractivity contribution is 0.411. The third-order valence-corrected chi connectivity index (χ3v) is 9.53. The number of hydrogen-bond donors (Lipinski definition) is 2. The van der Waals surface area contributed by atoms with Crippen LogP contribution in [-0.4, -0.2) is 25.3 Å². The van der Waals surface area contributed by atoms with E-state index in [1.807, 2.05) is 32.9 Å². The van der Waals surface area contributed by atoms with E-state index < -0.39 is 0 Å². The molecule has 0 radical (unpaired) electrons. The maximum atomic E-state index is 4.46. The van der Waals surface area contributed by atoms with Crippen LogP contribution in [0.4, 0.5) is 0 Å². The molecular weight excluding hydrogens is 655 g/mol. The van der Waals surface area contributed by atoms with Gasteiger partial charge in [0.15, 0.2) is 0 Å².